The number of hydrogen-bond donors (Lipinski definition) is 1. The smallest absolute Gasteiger partial charge is 0.348 e. The molecule has 3 aromatic heterocycles. The van der Waals surface area contributed by atoms with Gasteiger partial charge in [0.15, 0.2) is 0 Å². The van der Waals surface area contributed by atoms with Gasteiger partial charge in [-0.15, -0.1) is 22.7 Å². The zero-order chi connectivity index (χ0) is 19.6. The Morgan fingerprint density at radius 1 is 1.41 bits per heavy atom. The van der Waals surface area contributed by atoms with Crippen LogP contribution in [-0.4, -0.2) is 28.0 Å². The first kappa shape index (κ1) is 19.2. The van der Waals surface area contributed by atoms with Crippen molar-refractivity contribution in [1.82, 2.24) is 14.9 Å². The summed E-state index contributed by atoms with van der Waals surface area (Å²) in [5, 5.41) is 5.17. The minimum Gasteiger partial charge on any atom is -0.462 e. The quantitative estimate of drug-likeness (QED) is 0.637. The number of esters is 1. The molecule has 7 nitrogen and oxygen atoms in total. The predicted molar refractivity (Wildman–Crippen MR) is 105 cm³/mol. The number of nitrogens with one attached hydrogen (secondary N) is 1. The second-order valence-corrected chi connectivity index (χ2v) is 7.92. The molecule has 3 heterocycles. The molecule has 0 radical (unpaired) electrons. The van der Waals surface area contributed by atoms with Crippen LogP contribution >= 0.6 is 22.7 Å². The van der Waals surface area contributed by atoms with Crippen LogP contribution in [0.3, 0.4) is 0 Å². The summed E-state index contributed by atoms with van der Waals surface area (Å²) >= 11 is 2.68. The Morgan fingerprint density at radius 2 is 2.19 bits per heavy atom. The van der Waals surface area contributed by atoms with E-state index in [0.29, 0.717) is 20.7 Å². The number of fused-ring (bicyclic) bond motifs is 1. The minimum atomic E-state index is -0.466. The number of thiophene rings is 2. The van der Waals surface area contributed by atoms with Crippen molar-refractivity contribution >= 4 is 44.8 Å². The van der Waals surface area contributed by atoms with Crippen molar-refractivity contribution in [3.63, 3.8) is 0 Å². The number of carbonyl (C=O) groups excluding carboxylic acids is 2. The molecule has 3 rings (SSSR count). The van der Waals surface area contributed by atoms with E-state index in [0.717, 1.165) is 16.2 Å². The highest BCUT2D eigenvalue weighted by Gasteiger charge is 2.21. The summed E-state index contributed by atoms with van der Waals surface area (Å²) in [5.74, 6) is -0.746. The van der Waals surface area contributed by atoms with Gasteiger partial charge in [0.2, 0.25) is 5.91 Å². The van der Waals surface area contributed by atoms with Crippen molar-refractivity contribution in [2.75, 3.05) is 6.61 Å². The van der Waals surface area contributed by atoms with Crippen LogP contribution in [0.5, 0.6) is 0 Å². The molecule has 0 aliphatic carbocycles. The Balaban J connectivity index is 1.84. The molecule has 3 aromatic rings. The van der Waals surface area contributed by atoms with E-state index in [1.54, 1.807) is 25.2 Å². The molecular weight excluding hydrogens is 386 g/mol. The molecule has 1 amide bonds. The average Bonchev–Trinajstić information content (AvgIpc) is 3.26. The molecule has 0 aliphatic rings. The van der Waals surface area contributed by atoms with E-state index in [-0.39, 0.29) is 30.7 Å². The van der Waals surface area contributed by atoms with Crippen LogP contribution in [0.25, 0.3) is 10.2 Å². The van der Waals surface area contributed by atoms with E-state index in [2.05, 4.69) is 10.3 Å². The molecule has 142 valence electrons. The molecule has 0 bridgehead atoms. The maximum atomic E-state index is 12.8. The van der Waals surface area contributed by atoms with Crippen molar-refractivity contribution in [2.24, 2.45) is 0 Å². The molecule has 1 N–H and O–H groups in total. The van der Waals surface area contributed by atoms with E-state index in [4.69, 9.17) is 4.74 Å². The highest BCUT2D eigenvalue weighted by atomic mass is 32.1. The van der Waals surface area contributed by atoms with Gasteiger partial charge in [-0.3, -0.25) is 14.2 Å². The van der Waals surface area contributed by atoms with Crippen LogP contribution < -0.4 is 10.9 Å². The van der Waals surface area contributed by atoms with Gasteiger partial charge in [-0.1, -0.05) is 6.07 Å². The topological polar surface area (TPSA) is 90.3 Å². The molecule has 0 aliphatic heterocycles. The monoisotopic (exact) mass is 405 g/mol. The molecule has 0 fully saturated rings. The maximum absolute atomic E-state index is 12.8. The fraction of sp³-hybridized carbons (Fsp3) is 0.333. The van der Waals surface area contributed by atoms with Crippen molar-refractivity contribution in [3.8, 4) is 0 Å². The van der Waals surface area contributed by atoms with E-state index in [1.807, 2.05) is 24.4 Å². The van der Waals surface area contributed by atoms with Crippen LogP contribution in [0.4, 0.5) is 0 Å². The van der Waals surface area contributed by atoms with Crippen LogP contribution in [0.1, 0.15) is 40.0 Å². The number of ether oxygens (including phenoxy) is 1. The molecule has 0 saturated heterocycles. The Labute approximate surface area is 163 Å². The SMILES string of the molecule is CCOC(=O)c1sc2ncn(CC(=O)N[C@H](C)c3cccs3)c(=O)c2c1C. The summed E-state index contributed by atoms with van der Waals surface area (Å²) in [6.45, 7) is 5.43. The third-order valence-electron chi connectivity index (χ3n) is 4.04. The third kappa shape index (κ3) is 3.93. The standard InChI is InChI=1S/C18H19N3O4S2/c1-4-25-18(24)15-10(2)14-16(27-15)19-9-21(17(14)23)8-13(22)20-11(3)12-6-5-7-26-12/h5-7,9,11H,4,8H2,1-3H3,(H,20,22)/t11-/m1/s1. The Morgan fingerprint density at radius 3 is 2.85 bits per heavy atom. The Kier molecular flexibility index (Phi) is 5.71. The first-order valence-corrected chi connectivity index (χ1v) is 10.1. The maximum Gasteiger partial charge on any atom is 0.348 e. The molecule has 27 heavy (non-hydrogen) atoms. The first-order chi connectivity index (χ1) is 12.9. The van der Waals surface area contributed by atoms with Gasteiger partial charge in [-0.2, -0.15) is 0 Å². The van der Waals surface area contributed by atoms with E-state index in [9.17, 15) is 14.4 Å². The van der Waals surface area contributed by atoms with Gasteiger partial charge in [0, 0.05) is 4.88 Å². The minimum absolute atomic E-state index is 0.136. The fourth-order valence-electron chi connectivity index (χ4n) is 2.71. The van der Waals surface area contributed by atoms with Crippen molar-refractivity contribution in [2.45, 2.75) is 33.4 Å². The fourth-order valence-corrected chi connectivity index (χ4v) is 4.48. The van der Waals surface area contributed by atoms with Gasteiger partial charge in [0.1, 0.15) is 16.3 Å². The van der Waals surface area contributed by atoms with E-state index < -0.39 is 5.97 Å². The van der Waals surface area contributed by atoms with Gasteiger partial charge in [-0.25, -0.2) is 9.78 Å². The van der Waals surface area contributed by atoms with E-state index >= 15 is 0 Å². The van der Waals surface area contributed by atoms with Crippen LogP contribution in [0.2, 0.25) is 0 Å². The molecule has 9 heteroatoms. The molecule has 0 aromatic carbocycles. The van der Waals surface area contributed by atoms with Crippen molar-refractivity contribution in [1.29, 1.82) is 0 Å². The number of rotatable bonds is 6. The second-order valence-electron chi connectivity index (χ2n) is 5.94. The highest BCUT2D eigenvalue weighted by molar-refractivity contribution is 7.20. The lowest BCUT2D eigenvalue weighted by Gasteiger charge is -2.13. The Hall–Kier alpha value is -2.52. The first-order valence-electron chi connectivity index (χ1n) is 8.40. The van der Waals surface area contributed by atoms with Gasteiger partial charge in [0.25, 0.3) is 5.56 Å². The highest BCUT2D eigenvalue weighted by Crippen LogP contribution is 2.27. The van der Waals surface area contributed by atoms with Crippen LogP contribution in [0.15, 0.2) is 28.6 Å². The van der Waals surface area contributed by atoms with Crippen LogP contribution in [0, 0.1) is 6.92 Å². The largest absolute Gasteiger partial charge is 0.462 e. The lowest BCUT2D eigenvalue weighted by atomic mass is 10.2. The van der Waals surface area contributed by atoms with Crippen molar-refractivity contribution < 1.29 is 14.3 Å². The molecular formula is C18H19N3O4S2. The number of carbonyl (C=O) groups is 2. The molecule has 0 unspecified atom stereocenters. The number of amides is 1. The average molecular weight is 406 g/mol. The lowest BCUT2D eigenvalue weighted by Crippen LogP contribution is -2.33. The summed E-state index contributed by atoms with van der Waals surface area (Å²) in [5.41, 5.74) is 0.191. The summed E-state index contributed by atoms with van der Waals surface area (Å²) in [6.07, 6.45) is 1.34. The number of hydrogen-bond acceptors (Lipinski definition) is 7. The number of nitrogens with zero attached hydrogens (tertiary/aromatic N) is 2. The van der Waals surface area contributed by atoms with Gasteiger partial charge in [0.05, 0.1) is 24.4 Å². The van der Waals surface area contributed by atoms with Crippen molar-refractivity contribution in [3.05, 3.63) is 49.5 Å². The molecule has 1 atom stereocenters. The molecule has 0 saturated carbocycles. The summed E-state index contributed by atoms with van der Waals surface area (Å²) in [4.78, 5) is 43.3. The normalized spacial score (nSPS) is 12.1. The van der Waals surface area contributed by atoms with Crippen LogP contribution in [-0.2, 0) is 16.1 Å². The number of aryl methyl sites for hydroxylation is 1. The zero-order valence-corrected chi connectivity index (χ0v) is 16.8. The summed E-state index contributed by atoms with van der Waals surface area (Å²) in [6, 6.07) is 3.73. The summed E-state index contributed by atoms with van der Waals surface area (Å²) < 4.78 is 6.28. The van der Waals surface area contributed by atoms with Gasteiger partial charge < -0.3 is 10.1 Å². The molecule has 0 spiro atoms. The van der Waals surface area contributed by atoms with E-state index in [1.165, 1.54) is 10.9 Å². The zero-order valence-electron chi connectivity index (χ0n) is 15.1. The lowest BCUT2D eigenvalue weighted by molar-refractivity contribution is -0.122. The second kappa shape index (κ2) is 8.01. The van der Waals surface area contributed by atoms with Gasteiger partial charge >= 0.3 is 5.97 Å². The third-order valence-corrected chi connectivity index (χ3v) is 6.27. The summed E-state index contributed by atoms with van der Waals surface area (Å²) in [7, 11) is 0. The number of aromatic nitrogens is 2. The predicted octanol–water partition coefficient (Wildman–Crippen LogP) is 2.88. The Bertz CT molecular complexity index is 1040. The van der Waals surface area contributed by atoms with Gasteiger partial charge in [-0.05, 0) is 37.8 Å².